The molecule has 13 heteroatoms. The number of halogens is 2. The molecule has 4 aromatic rings. The number of carbonyl (C=O) groups excluding carboxylic acids is 2. The van der Waals surface area contributed by atoms with E-state index in [4.69, 9.17) is 4.74 Å². The number of rotatable bonds is 7. The van der Waals surface area contributed by atoms with Gasteiger partial charge in [-0.15, -0.1) is 0 Å². The second kappa shape index (κ2) is 11.3. The Bertz CT molecular complexity index is 1500. The lowest BCUT2D eigenvalue weighted by Crippen LogP contribution is -2.43. The van der Waals surface area contributed by atoms with Crippen LogP contribution < -0.4 is 10.1 Å². The summed E-state index contributed by atoms with van der Waals surface area (Å²) in [6, 6.07) is 9.03. The van der Waals surface area contributed by atoms with Gasteiger partial charge in [0.1, 0.15) is 0 Å². The molecule has 38 heavy (non-hydrogen) atoms. The van der Waals surface area contributed by atoms with E-state index < -0.39 is 5.82 Å². The number of benzene rings is 1. The fraction of sp³-hybridized carbons (Fsp3) is 0.320. The number of carbonyl (C=O) groups is 2. The number of piperidine rings is 1. The second-order valence-corrected chi connectivity index (χ2v) is 11.1. The van der Waals surface area contributed by atoms with Crippen LogP contribution in [0.25, 0.3) is 22.2 Å². The molecule has 2 amide bonds. The third-order valence-corrected chi connectivity index (χ3v) is 8.62. The zero-order valence-electron chi connectivity index (χ0n) is 20.8. The van der Waals surface area contributed by atoms with E-state index >= 15 is 0 Å². The number of hydrogen-bond acceptors (Lipinski definition) is 6. The maximum absolute atomic E-state index is 14.5. The number of aromatic nitrogens is 5. The standard InChI is InChI=1S/C25H26FIN7O3P/c1-14-17-9-15(3-4-20(17)31-30-14)12-29-24(35)16-5-7-33(8-6-16)25(36)21-11-22(34(32-21)38-27)18-10-23(37-2)28-13-19(18)26/h3-4,9-11,13,16,38H,5-8,12H2,1-2H3,(H,29,35)(H,30,31). The molecule has 3 aromatic heterocycles. The third kappa shape index (κ3) is 5.37. The van der Waals surface area contributed by atoms with Gasteiger partial charge in [0, 0.05) is 48.3 Å². The average molecular weight is 649 g/mol. The summed E-state index contributed by atoms with van der Waals surface area (Å²) in [6.45, 7) is 3.30. The van der Waals surface area contributed by atoms with E-state index in [1.54, 1.807) is 15.4 Å². The van der Waals surface area contributed by atoms with Gasteiger partial charge in [-0.1, -0.05) is 6.07 Å². The summed E-state index contributed by atoms with van der Waals surface area (Å²) in [6.07, 6.45) is 2.39. The number of likely N-dealkylation sites (tertiary alicyclic amines) is 1. The maximum atomic E-state index is 14.5. The average Bonchev–Trinajstić information content (AvgIpc) is 3.55. The number of ether oxygens (including phenoxy) is 1. The van der Waals surface area contributed by atoms with Crippen molar-refractivity contribution in [3.63, 3.8) is 0 Å². The number of aromatic amines is 1. The Morgan fingerprint density at radius 1 is 1.26 bits per heavy atom. The van der Waals surface area contributed by atoms with Gasteiger partial charge in [0.15, 0.2) is 11.5 Å². The highest BCUT2D eigenvalue weighted by molar-refractivity contribution is 14.2. The van der Waals surface area contributed by atoms with Crippen LogP contribution in [-0.4, -0.2) is 61.6 Å². The van der Waals surface area contributed by atoms with Crippen molar-refractivity contribution in [1.82, 2.24) is 34.9 Å². The van der Waals surface area contributed by atoms with E-state index in [9.17, 15) is 14.0 Å². The van der Waals surface area contributed by atoms with Crippen LogP contribution in [0.1, 0.15) is 34.6 Å². The van der Waals surface area contributed by atoms with E-state index in [0.29, 0.717) is 38.2 Å². The van der Waals surface area contributed by atoms with Crippen LogP contribution in [0, 0.1) is 18.7 Å². The van der Waals surface area contributed by atoms with Gasteiger partial charge < -0.3 is 15.0 Å². The van der Waals surface area contributed by atoms with Crippen LogP contribution in [0.2, 0.25) is 0 Å². The number of H-pyrrole nitrogens is 1. The molecule has 0 radical (unpaired) electrons. The topological polar surface area (TPSA) is 118 Å². The molecule has 4 heterocycles. The Labute approximate surface area is 233 Å². The first-order chi connectivity index (χ1) is 18.4. The molecule has 1 unspecified atom stereocenters. The number of methoxy groups -OCH3 is 1. The molecule has 1 saturated heterocycles. The number of nitrogens with one attached hydrogen (secondary N) is 2. The summed E-state index contributed by atoms with van der Waals surface area (Å²) in [7, 11) is 1.46. The highest BCUT2D eigenvalue weighted by atomic mass is 127. The summed E-state index contributed by atoms with van der Waals surface area (Å²) < 4.78 is 21.3. The van der Waals surface area contributed by atoms with Gasteiger partial charge in [-0.25, -0.2) is 13.8 Å². The first-order valence-electron chi connectivity index (χ1n) is 12.0. The van der Waals surface area contributed by atoms with Crippen molar-refractivity contribution in [2.45, 2.75) is 26.3 Å². The molecule has 5 rings (SSSR count). The Morgan fingerprint density at radius 2 is 2.05 bits per heavy atom. The molecule has 1 aliphatic rings. The van der Waals surface area contributed by atoms with Gasteiger partial charge in [0.2, 0.25) is 11.8 Å². The Morgan fingerprint density at radius 3 is 2.79 bits per heavy atom. The monoisotopic (exact) mass is 649 g/mol. The number of amides is 2. The third-order valence-electron chi connectivity index (χ3n) is 6.75. The normalized spacial score (nSPS) is 14.5. The fourth-order valence-corrected chi connectivity index (χ4v) is 6.13. The zero-order chi connectivity index (χ0) is 26.8. The number of fused-ring (bicyclic) bond motifs is 1. The van der Waals surface area contributed by atoms with Gasteiger partial charge in [-0.2, -0.15) is 10.2 Å². The Kier molecular flexibility index (Phi) is 7.89. The number of nitrogens with zero attached hydrogens (tertiary/aromatic N) is 5. The van der Waals surface area contributed by atoms with E-state index in [2.05, 4.69) is 47.6 Å². The zero-order valence-corrected chi connectivity index (χ0v) is 24.0. The molecular weight excluding hydrogens is 623 g/mol. The molecule has 0 spiro atoms. The number of pyridine rings is 1. The summed E-state index contributed by atoms with van der Waals surface area (Å²) in [5, 5.41) is 15.7. The molecule has 1 fully saturated rings. The first kappa shape index (κ1) is 26.5. The van der Waals surface area contributed by atoms with E-state index in [0.717, 1.165) is 28.4 Å². The minimum atomic E-state index is -0.521. The quantitative estimate of drug-likeness (QED) is 0.229. The molecule has 198 valence electrons. The highest BCUT2D eigenvalue weighted by Gasteiger charge is 2.29. The fourth-order valence-electron chi connectivity index (χ4n) is 4.60. The summed E-state index contributed by atoms with van der Waals surface area (Å²) >= 11 is 2.14. The van der Waals surface area contributed by atoms with Crippen LogP contribution in [0.15, 0.2) is 36.5 Å². The number of hydrogen-bond donors (Lipinski definition) is 2. The van der Waals surface area contributed by atoms with Crippen LogP contribution >= 0.6 is 28.4 Å². The molecule has 1 aromatic carbocycles. The highest BCUT2D eigenvalue weighted by Crippen LogP contribution is 2.34. The minimum absolute atomic E-state index is 0.0131. The minimum Gasteiger partial charge on any atom is -0.481 e. The molecule has 0 saturated carbocycles. The van der Waals surface area contributed by atoms with Crippen molar-refractivity contribution in [3.8, 4) is 17.1 Å². The summed E-state index contributed by atoms with van der Waals surface area (Å²) in [4.78, 5) is 31.6. The Balaban J connectivity index is 1.20. The molecule has 10 nitrogen and oxygen atoms in total. The van der Waals surface area contributed by atoms with Gasteiger partial charge in [0.05, 0.1) is 30.9 Å². The molecule has 1 atom stereocenters. The molecule has 2 N–H and O–H groups in total. The van der Waals surface area contributed by atoms with E-state index in [-0.39, 0.29) is 41.2 Å². The van der Waals surface area contributed by atoms with Gasteiger partial charge in [-0.3, -0.25) is 14.7 Å². The van der Waals surface area contributed by atoms with Crippen LogP contribution in [0.4, 0.5) is 4.39 Å². The van der Waals surface area contributed by atoms with Crippen molar-refractivity contribution in [3.05, 3.63) is 59.3 Å². The molecule has 1 aliphatic heterocycles. The SMILES string of the molecule is COc1cc(-c2cc(C(=O)N3CCC(C(=O)NCc4ccc5n[nH]c(C)c5c4)CC3)nn2PI)c(F)cn1. The lowest BCUT2D eigenvalue weighted by Gasteiger charge is -2.30. The molecule has 0 aliphatic carbocycles. The largest absolute Gasteiger partial charge is 0.481 e. The van der Waals surface area contributed by atoms with Gasteiger partial charge >= 0.3 is 0 Å². The second-order valence-electron chi connectivity index (χ2n) is 9.10. The van der Waals surface area contributed by atoms with E-state index in [1.165, 1.54) is 13.2 Å². The van der Waals surface area contributed by atoms with Crippen LogP contribution in [-0.2, 0) is 11.3 Å². The van der Waals surface area contributed by atoms with Crippen molar-refractivity contribution in [2.24, 2.45) is 5.92 Å². The van der Waals surface area contributed by atoms with Crippen LogP contribution in [0.5, 0.6) is 5.88 Å². The summed E-state index contributed by atoms with van der Waals surface area (Å²) in [5.41, 5.74) is 3.89. The van der Waals surface area contributed by atoms with E-state index in [1.807, 2.05) is 25.1 Å². The first-order valence-corrected chi connectivity index (χ1v) is 16.1. The molecular formula is C25H26FIN7O3P. The Hall–Kier alpha value is -3.12. The van der Waals surface area contributed by atoms with Crippen molar-refractivity contribution in [1.29, 1.82) is 0 Å². The van der Waals surface area contributed by atoms with Crippen molar-refractivity contribution >= 4 is 51.1 Å². The van der Waals surface area contributed by atoms with Crippen molar-refractivity contribution in [2.75, 3.05) is 20.2 Å². The predicted octanol–water partition coefficient (Wildman–Crippen LogP) is 4.24. The lowest BCUT2D eigenvalue weighted by molar-refractivity contribution is -0.126. The summed E-state index contributed by atoms with van der Waals surface area (Å²) in [5.74, 6) is -0.658. The van der Waals surface area contributed by atoms with Crippen LogP contribution in [0.3, 0.4) is 0 Å². The van der Waals surface area contributed by atoms with Crippen molar-refractivity contribution < 1.29 is 18.7 Å². The maximum Gasteiger partial charge on any atom is 0.274 e. The smallest absolute Gasteiger partial charge is 0.274 e. The molecule has 0 bridgehead atoms. The van der Waals surface area contributed by atoms with Gasteiger partial charge in [-0.05, 0) is 65.6 Å². The van der Waals surface area contributed by atoms with Gasteiger partial charge in [0.25, 0.3) is 5.91 Å². The lowest BCUT2D eigenvalue weighted by atomic mass is 9.95. The number of aryl methyl sites for hydroxylation is 1. The predicted molar refractivity (Wildman–Crippen MR) is 151 cm³/mol.